The summed E-state index contributed by atoms with van der Waals surface area (Å²) in [5.74, 6) is 0.847. The molecule has 0 spiro atoms. The van der Waals surface area contributed by atoms with Crippen molar-refractivity contribution in [2.24, 2.45) is 0 Å². The number of ether oxygens (including phenoxy) is 1. The first-order valence-corrected chi connectivity index (χ1v) is 7.55. The van der Waals surface area contributed by atoms with Crippen LogP contribution >= 0.6 is 34.8 Å². The average Bonchev–Trinajstić information content (AvgIpc) is 2.80. The number of hydrogen-bond acceptors (Lipinski definition) is 2. The fourth-order valence-corrected chi connectivity index (χ4v) is 1.86. The number of hydrogen-bond donors (Lipinski definition) is 2. The van der Waals surface area contributed by atoms with Crippen molar-refractivity contribution in [1.82, 2.24) is 10.3 Å². The lowest BCUT2D eigenvalue weighted by atomic mass is 10.1. The van der Waals surface area contributed by atoms with Crippen LogP contribution in [-0.2, 0) is 11.2 Å². The number of carbonyl (C=O) groups is 1. The number of rotatable bonds is 4. The minimum atomic E-state index is -0.750. The molecule has 2 aromatic rings. The van der Waals surface area contributed by atoms with Crippen LogP contribution in [0.5, 0.6) is 5.75 Å². The zero-order valence-electron chi connectivity index (χ0n) is 11.8. The highest BCUT2D eigenvalue weighted by molar-refractivity contribution is 6.63. The molecular weight excluding hydrogens is 335 g/mol. The van der Waals surface area contributed by atoms with Gasteiger partial charge in [0, 0.05) is 30.6 Å². The second-order valence-corrected chi connectivity index (χ2v) is 6.19. The molecule has 0 bridgehead atoms. The molecule has 116 valence electrons. The molecule has 1 heterocycles. The third kappa shape index (κ3) is 6.46. The molecule has 1 aromatic carbocycles. The molecule has 0 aliphatic heterocycles. The monoisotopic (exact) mass is 350 g/mol. The van der Waals surface area contributed by atoms with Crippen molar-refractivity contribution in [1.29, 1.82) is 0 Å². The van der Waals surface area contributed by atoms with Gasteiger partial charge in [0.1, 0.15) is 5.75 Å². The molecule has 0 fully saturated rings. The molecule has 1 aromatic heterocycles. The van der Waals surface area contributed by atoms with Gasteiger partial charge in [-0.3, -0.25) is 4.79 Å². The summed E-state index contributed by atoms with van der Waals surface area (Å²) in [4.78, 5) is 14.0. The molecule has 21 heavy (non-hydrogen) atoms. The van der Waals surface area contributed by atoms with Crippen LogP contribution < -0.4 is 10.1 Å². The molecular formula is C14H17Cl3N2O2. The Morgan fingerprint density at radius 1 is 1.38 bits per heavy atom. The number of nitrogens with one attached hydrogen (secondary N) is 2. The maximum Gasteiger partial charge on any atom is 0.216 e. The normalized spacial score (nSPS) is 10.2. The molecule has 0 aliphatic rings. The predicted molar refractivity (Wildman–Crippen MR) is 88.6 cm³/mol. The van der Waals surface area contributed by atoms with E-state index in [1.165, 1.54) is 12.5 Å². The Bertz CT molecular complexity index is 582. The van der Waals surface area contributed by atoms with Gasteiger partial charge in [0.2, 0.25) is 5.91 Å². The molecule has 2 N–H and O–H groups in total. The van der Waals surface area contributed by atoms with Gasteiger partial charge in [-0.25, -0.2) is 0 Å². The zero-order chi connectivity index (χ0) is 15.8. The zero-order valence-corrected chi connectivity index (χ0v) is 14.0. The van der Waals surface area contributed by atoms with Crippen LogP contribution in [0.1, 0.15) is 12.5 Å². The van der Waals surface area contributed by atoms with E-state index in [9.17, 15) is 4.79 Å². The first-order chi connectivity index (χ1) is 9.93. The standard InChI is InChI=1S/C13H16N2O2.CHCl3/c1-9(16)14-6-5-10-8-15-13-4-3-11(17-2)7-12(10)13;2-1(3)4/h3-4,7-8,15H,5-6H2,1-2H3,(H,14,16);1H. The van der Waals surface area contributed by atoms with Gasteiger partial charge < -0.3 is 15.0 Å². The van der Waals surface area contributed by atoms with Gasteiger partial charge in [-0.15, -0.1) is 0 Å². The van der Waals surface area contributed by atoms with Crippen molar-refractivity contribution in [3.8, 4) is 5.75 Å². The second-order valence-electron chi connectivity index (χ2n) is 4.21. The van der Waals surface area contributed by atoms with Crippen LogP contribution in [0.15, 0.2) is 24.4 Å². The van der Waals surface area contributed by atoms with E-state index >= 15 is 0 Å². The second kappa shape index (κ2) is 9.03. The average molecular weight is 352 g/mol. The van der Waals surface area contributed by atoms with Crippen LogP contribution in [0.3, 0.4) is 0 Å². The number of fused-ring (bicyclic) bond motifs is 1. The third-order valence-corrected chi connectivity index (χ3v) is 2.74. The molecule has 2 rings (SSSR count). The van der Waals surface area contributed by atoms with Crippen molar-refractivity contribution in [3.63, 3.8) is 0 Å². The summed E-state index contributed by atoms with van der Waals surface area (Å²) in [6, 6.07) is 5.93. The number of alkyl halides is 3. The lowest BCUT2D eigenvalue weighted by Gasteiger charge is -2.03. The Morgan fingerprint density at radius 2 is 2.05 bits per heavy atom. The lowest BCUT2D eigenvalue weighted by Crippen LogP contribution is -2.22. The van der Waals surface area contributed by atoms with E-state index < -0.39 is 4.30 Å². The lowest BCUT2D eigenvalue weighted by molar-refractivity contribution is -0.118. The number of halogens is 3. The first-order valence-electron chi connectivity index (χ1n) is 6.24. The predicted octanol–water partition coefficient (Wildman–Crippen LogP) is 3.84. The van der Waals surface area contributed by atoms with Crippen LogP contribution in [0.4, 0.5) is 0 Å². The minimum absolute atomic E-state index is 0.00224. The van der Waals surface area contributed by atoms with E-state index in [0.717, 1.165) is 23.1 Å². The number of methoxy groups -OCH3 is 1. The summed E-state index contributed by atoms with van der Waals surface area (Å²) in [5.41, 5.74) is 2.27. The van der Waals surface area contributed by atoms with E-state index in [1.807, 2.05) is 24.4 Å². The van der Waals surface area contributed by atoms with Crippen LogP contribution in [0.2, 0.25) is 0 Å². The SMILES string of the molecule is COc1ccc2[nH]cc(CCNC(C)=O)c2c1.ClC(Cl)Cl. The maximum atomic E-state index is 10.8. The number of aromatic nitrogens is 1. The molecule has 0 saturated carbocycles. The summed E-state index contributed by atoms with van der Waals surface area (Å²) < 4.78 is 4.46. The van der Waals surface area contributed by atoms with Crippen molar-refractivity contribution in [3.05, 3.63) is 30.0 Å². The Kier molecular flexibility index (Phi) is 7.72. The van der Waals surface area contributed by atoms with Crippen molar-refractivity contribution in [2.75, 3.05) is 13.7 Å². The van der Waals surface area contributed by atoms with Gasteiger partial charge in [0.25, 0.3) is 0 Å². The molecule has 0 saturated heterocycles. The number of amides is 1. The van der Waals surface area contributed by atoms with Gasteiger partial charge >= 0.3 is 0 Å². The summed E-state index contributed by atoms with van der Waals surface area (Å²) in [6.07, 6.45) is 2.79. The summed E-state index contributed by atoms with van der Waals surface area (Å²) in [5, 5.41) is 3.94. The van der Waals surface area contributed by atoms with Gasteiger partial charge in [0.15, 0.2) is 4.30 Å². The highest BCUT2D eigenvalue weighted by atomic mass is 35.6. The van der Waals surface area contributed by atoms with Gasteiger partial charge in [-0.2, -0.15) is 0 Å². The molecule has 4 nitrogen and oxygen atoms in total. The molecule has 0 unspecified atom stereocenters. The van der Waals surface area contributed by atoms with Crippen LogP contribution in [-0.4, -0.2) is 28.8 Å². The molecule has 7 heteroatoms. The molecule has 1 amide bonds. The van der Waals surface area contributed by atoms with Crippen molar-refractivity contribution < 1.29 is 9.53 Å². The number of H-pyrrole nitrogens is 1. The van der Waals surface area contributed by atoms with E-state index in [-0.39, 0.29) is 5.91 Å². The molecule has 0 atom stereocenters. The number of benzene rings is 1. The highest BCUT2D eigenvalue weighted by Gasteiger charge is 2.05. The third-order valence-electron chi connectivity index (χ3n) is 2.74. The fourth-order valence-electron chi connectivity index (χ4n) is 1.86. The van der Waals surface area contributed by atoms with Crippen LogP contribution in [0.25, 0.3) is 10.9 Å². The Morgan fingerprint density at radius 3 is 2.62 bits per heavy atom. The molecule has 0 aliphatic carbocycles. The van der Waals surface area contributed by atoms with Crippen molar-refractivity contribution in [2.45, 2.75) is 17.6 Å². The van der Waals surface area contributed by atoms with E-state index in [1.54, 1.807) is 7.11 Å². The summed E-state index contributed by atoms with van der Waals surface area (Å²) >= 11 is 14.4. The first kappa shape index (κ1) is 18.0. The maximum absolute atomic E-state index is 10.8. The topological polar surface area (TPSA) is 54.1 Å². The largest absolute Gasteiger partial charge is 0.497 e. The van der Waals surface area contributed by atoms with Gasteiger partial charge in [0.05, 0.1) is 7.11 Å². The van der Waals surface area contributed by atoms with E-state index in [4.69, 9.17) is 39.5 Å². The van der Waals surface area contributed by atoms with E-state index in [0.29, 0.717) is 6.54 Å². The van der Waals surface area contributed by atoms with Crippen molar-refractivity contribution >= 4 is 51.6 Å². The summed E-state index contributed by atoms with van der Waals surface area (Å²) in [7, 11) is 1.66. The smallest absolute Gasteiger partial charge is 0.216 e. The van der Waals surface area contributed by atoms with E-state index in [2.05, 4.69) is 10.3 Å². The quantitative estimate of drug-likeness (QED) is 0.822. The van der Waals surface area contributed by atoms with Gasteiger partial charge in [-0.1, -0.05) is 34.8 Å². The Hall–Kier alpha value is -1.10. The highest BCUT2D eigenvalue weighted by Crippen LogP contribution is 2.23. The van der Waals surface area contributed by atoms with Gasteiger partial charge in [-0.05, 0) is 30.2 Å². The van der Waals surface area contributed by atoms with Crippen LogP contribution in [0, 0.1) is 0 Å². The number of carbonyl (C=O) groups excluding carboxylic acids is 1. The molecule has 0 radical (unpaired) electrons. The summed E-state index contributed by atoms with van der Waals surface area (Å²) in [6.45, 7) is 2.18. The number of aromatic amines is 1. The Labute approximate surface area is 138 Å². The fraction of sp³-hybridized carbons (Fsp3) is 0.357. The Balaban J connectivity index is 0.000000491. The minimum Gasteiger partial charge on any atom is -0.497 e.